The molecule has 0 aliphatic carbocycles. The summed E-state index contributed by atoms with van der Waals surface area (Å²) in [6.07, 6.45) is 4.35. The van der Waals surface area contributed by atoms with Gasteiger partial charge in [0, 0.05) is 43.8 Å². The van der Waals surface area contributed by atoms with Gasteiger partial charge in [0.25, 0.3) is 5.91 Å². The number of carbonyl (C=O) groups is 1. The Hall–Kier alpha value is -3.62. The number of oxazole rings is 1. The Morgan fingerprint density at radius 1 is 1.14 bits per heavy atom. The fraction of sp³-hybridized carbons (Fsp3) is 0.333. The first-order valence-corrected chi connectivity index (χ1v) is 11.9. The number of nitrogens with zero attached hydrogens (tertiary/aromatic N) is 2. The number of carbonyl (C=O) groups excluding carboxylic acids is 1. The van der Waals surface area contributed by atoms with Crippen molar-refractivity contribution in [3.63, 3.8) is 0 Å². The molecule has 0 aliphatic heterocycles. The molecule has 4 aromatic rings. The molecule has 8 nitrogen and oxygen atoms in total. The lowest BCUT2D eigenvalue weighted by Crippen LogP contribution is -2.27. The van der Waals surface area contributed by atoms with E-state index in [1.807, 2.05) is 25.1 Å². The Labute approximate surface area is 205 Å². The van der Waals surface area contributed by atoms with Crippen LogP contribution in [-0.4, -0.2) is 54.2 Å². The van der Waals surface area contributed by atoms with E-state index >= 15 is 0 Å². The summed E-state index contributed by atoms with van der Waals surface area (Å²) in [5, 5.41) is 4.00. The van der Waals surface area contributed by atoms with Crippen LogP contribution in [-0.2, 0) is 24.2 Å². The van der Waals surface area contributed by atoms with Crippen LogP contribution in [0, 0.1) is 0 Å². The van der Waals surface area contributed by atoms with Crippen molar-refractivity contribution in [2.24, 2.45) is 0 Å². The van der Waals surface area contributed by atoms with E-state index in [0.29, 0.717) is 38.7 Å². The van der Waals surface area contributed by atoms with Gasteiger partial charge >= 0.3 is 0 Å². The molecule has 2 heterocycles. The van der Waals surface area contributed by atoms with Crippen molar-refractivity contribution in [2.45, 2.75) is 26.4 Å². The molecule has 0 aliphatic rings. The quantitative estimate of drug-likeness (QED) is 0.281. The van der Waals surface area contributed by atoms with Crippen molar-refractivity contribution in [2.75, 3.05) is 33.4 Å². The van der Waals surface area contributed by atoms with Crippen molar-refractivity contribution in [1.82, 2.24) is 20.2 Å². The predicted octanol–water partition coefficient (Wildman–Crippen LogP) is 4.18. The maximum atomic E-state index is 12.3. The van der Waals surface area contributed by atoms with Gasteiger partial charge < -0.3 is 24.2 Å². The van der Waals surface area contributed by atoms with Crippen LogP contribution in [0.3, 0.4) is 0 Å². The van der Waals surface area contributed by atoms with Gasteiger partial charge in [-0.3, -0.25) is 9.69 Å². The van der Waals surface area contributed by atoms with E-state index in [1.165, 1.54) is 17.2 Å². The highest BCUT2D eigenvalue weighted by Crippen LogP contribution is 2.20. The molecule has 2 aromatic heterocycles. The third-order valence-corrected chi connectivity index (χ3v) is 5.75. The number of ether oxygens (including phenoxy) is 2. The van der Waals surface area contributed by atoms with Crippen LogP contribution in [0.15, 0.2) is 65.4 Å². The topological polar surface area (TPSA) is 92.6 Å². The maximum absolute atomic E-state index is 12.3. The van der Waals surface area contributed by atoms with Gasteiger partial charge in [-0.2, -0.15) is 0 Å². The highest BCUT2D eigenvalue weighted by molar-refractivity contribution is 5.91. The van der Waals surface area contributed by atoms with Gasteiger partial charge in [0.15, 0.2) is 5.69 Å². The summed E-state index contributed by atoms with van der Waals surface area (Å²) in [4.78, 5) is 22.3. The first-order chi connectivity index (χ1) is 17.2. The van der Waals surface area contributed by atoms with E-state index in [2.05, 4.69) is 56.7 Å². The molecular weight excluding hydrogens is 444 g/mol. The van der Waals surface area contributed by atoms with E-state index in [0.717, 1.165) is 29.8 Å². The minimum Gasteiger partial charge on any atom is -0.494 e. The van der Waals surface area contributed by atoms with Gasteiger partial charge in [-0.25, -0.2) is 4.98 Å². The van der Waals surface area contributed by atoms with Gasteiger partial charge in [-0.15, -0.1) is 0 Å². The highest BCUT2D eigenvalue weighted by atomic mass is 16.5. The Bertz CT molecular complexity index is 1220. The summed E-state index contributed by atoms with van der Waals surface area (Å²) in [7, 11) is 1.59. The van der Waals surface area contributed by atoms with E-state index in [4.69, 9.17) is 13.9 Å². The largest absolute Gasteiger partial charge is 0.494 e. The van der Waals surface area contributed by atoms with Crippen LogP contribution >= 0.6 is 0 Å². The average Bonchev–Trinajstić information content (AvgIpc) is 3.51. The first-order valence-electron chi connectivity index (χ1n) is 11.9. The number of nitrogens with one attached hydrogen (secondary N) is 2. The third kappa shape index (κ3) is 6.71. The Morgan fingerprint density at radius 2 is 1.97 bits per heavy atom. The normalized spacial score (nSPS) is 11.3. The fourth-order valence-corrected chi connectivity index (χ4v) is 3.98. The maximum Gasteiger partial charge on any atom is 0.273 e. The molecule has 0 saturated heterocycles. The smallest absolute Gasteiger partial charge is 0.273 e. The first kappa shape index (κ1) is 24.5. The molecule has 184 valence electrons. The lowest BCUT2D eigenvalue weighted by molar-refractivity contribution is 0.0932. The van der Waals surface area contributed by atoms with Crippen molar-refractivity contribution < 1.29 is 18.7 Å². The molecule has 2 N–H and O–H groups in total. The number of fused-ring (bicyclic) bond motifs is 1. The number of hydrogen-bond acceptors (Lipinski definition) is 6. The minimum absolute atomic E-state index is 0.270. The summed E-state index contributed by atoms with van der Waals surface area (Å²) in [5.74, 6) is 1.10. The summed E-state index contributed by atoms with van der Waals surface area (Å²) in [5.41, 5.74) is 3.84. The zero-order valence-corrected chi connectivity index (χ0v) is 20.3. The Kier molecular flexibility index (Phi) is 8.53. The second kappa shape index (κ2) is 12.2. The predicted molar refractivity (Wildman–Crippen MR) is 134 cm³/mol. The van der Waals surface area contributed by atoms with E-state index in [1.54, 1.807) is 7.11 Å². The summed E-state index contributed by atoms with van der Waals surface area (Å²) < 4.78 is 16.2. The molecular formula is C27H32N4O4. The lowest BCUT2D eigenvalue weighted by atomic mass is 10.1. The molecule has 0 fully saturated rings. The zero-order chi connectivity index (χ0) is 24.5. The molecule has 8 heteroatoms. The molecule has 2 aromatic carbocycles. The molecule has 4 rings (SSSR count). The number of methoxy groups -OCH3 is 1. The van der Waals surface area contributed by atoms with Gasteiger partial charge in [0.2, 0.25) is 5.89 Å². The summed E-state index contributed by atoms with van der Waals surface area (Å²) in [6, 6.07) is 16.5. The van der Waals surface area contributed by atoms with E-state index < -0.39 is 0 Å². The minimum atomic E-state index is -0.270. The van der Waals surface area contributed by atoms with Crippen molar-refractivity contribution >= 4 is 16.8 Å². The molecule has 35 heavy (non-hydrogen) atoms. The number of hydrogen-bond donors (Lipinski definition) is 2. The number of aromatic nitrogens is 2. The number of rotatable bonds is 13. The van der Waals surface area contributed by atoms with Crippen LogP contribution in [0.25, 0.3) is 10.9 Å². The molecule has 1 amide bonds. The molecule has 0 saturated carbocycles. The van der Waals surface area contributed by atoms with Crippen LogP contribution in [0.2, 0.25) is 0 Å². The second-order valence-electron chi connectivity index (χ2n) is 8.27. The monoisotopic (exact) mass is 476 g/mol. The van der Waals surface area contributed by atoms with Crippen molar-refractivity contribution in [1.29, 1.82) is 0 Å². The third-order valence-electron chi connectivity index (χ3n) is 5.75. The average molecular weight is 477 g/mol. The zero-order valence-electron chi connectivity index (χ0n) is 20.3. The van der Waals surface area contributed by atoms with Crippen LogP contribution in [0.5, 0.6) is 5.75 Å². The number of amides is 1. The molecule has 0 unspecified atom stereocenters. The number of para-hydroxylation sites is 1. The lowest BCUT2D eigenvalue weighted by Gasteiger charge is -2.21. The standard InChI is InChI=1S/C27H32N4O4/c1-3-34-22-10-8-20(9-11-22)17-31(14-12-21-16-29-24-7-5-4-6-23(21)24)18-26-30-25(19-35-26)27(32)28-13-15-33-2/h4-11,16,19,29H,3,12-15,17-18H2,1-2H3,(H,28,32). The van der Waals surface area contributed by atoms with Gasteiger partial charge in [-0.1, -0.05) is 30.3 Å². The van der Waals surface area contributed by atoms with Gasteiger partial charge in [0.05, 0.1) is 19.8 Å². The van der Waals surface area contributed by atoms with Crippen LogP contribution in [0.1, 0.15) is 34.4 Å². The highest BCUT2D eigenvalue weighted by Gasteiger charge is 2.16. The van der Waals surface area contributed by atoms with Crippen LogP contribution < -0.4 is 10.1 Å². The summed E-state index contributed by atoms with van der Waals surface area (Å²) >= 11 is 0. The van der Waals surface area contributed by atoms with Crippen molar-refractivity contribution in [3.05, 3.63) is 83.7 Å². The number of aromatic amines is 1. The Morgan fingerprint density at radius 3 is 2.77 bits per heavy atom. The molecule has 0 atom stereocenters. The van der Waals surface area contributed by atoms with Crippen molar-refractivity contribution in [3.8, 4) is 5.75 Å². The molecule has 0 spiro atoms. The van der Waals surface area contributed by atoms with Gasteiger partial charge in [-0.05, 0) is 42.7 Å². The fourth-order valence-electron chi connectivity index (χ4n) is 3.98. The number of H-pyrrole nitrogens is 1. The summed E-state index contributed by atoms with van der Waals surface area (Å²) in [6.45, 7) is 5.48. The van der Waals surface area contributed by atoms with E-state index in [9.17, 15) is 4.79 Å². The SMILES string of the molecule is CCOc1ccc(CN(CCc2c[nH]c3ccccc23)Cc2nc(C(=O)NCCOC)co2)cc1. The van der Waals surface area contributed by atoms with E-state index in [-0.39, 0.29) is 11.6 Å². The molecule has 0 radical (unpaired) electrons. The second-order valence-corrected chi connectivity index (χ2v) is 8.27. The Balaban J connectivity index is 1.45. The molecule has 0 bridgehead atoms. The van der Waals surface area contributed by atoms with Crippen LogP contribution in [0.4, 0.5) is 0 Å². The van der Waals surface area contributed by atoms with Gasteiger partial charge in [0.1, 0.15) is 12.0 Å². The number of benzene rings is 2.